The second-order valence-corrected chi connectivity index (χ2v) is 10.4. The number of carbonyl (C=O) groups is 2. The molecule has 9 nitrogen and oxygen atoms in total. The van der Waals surface area contributed by atoms with E-state index in [2.05, 4.69) is 44.6 Å². The van der Waals surface area contributed by atoms with E-state index in [0.29, 0.717) is 29.1 Å². The molecule has 4 rings (SSSR count). The molecular weight excluding hydrogens is 549 g/mol. The molecule has 12 heteroatoms. The van der Waals surface area contributed by atoms with E-state index in [1.807, 2.05) is 14.0 Å². The fourth-order valence-corrected chi connectivity index (χ4v) is 5.07. The minimum Gasteiger partial charge on any atom is -0.495 e. The van der Waals surface area contributed by atoms with E-state index in [0.717, 1.165) is 30.4 Å². The number of aromatic nitrogens is 2. The lowest BCUT2D eigenvalue weighted by Crippen LogP contribution is -2.48. The second kappa shape index (κ2) is 13.2. The summed E-state index contributed by atoms with van der Waals surface area (Å²) in [6.45, 7) is 5.00. The van der Waals surface area contributed by atoms with Crippen LogP contribution in [-0.2, 0) is 6.54 Å². The van der Waals surface area contributed by atoms with Gasteiger partial charge in [-0.3, -0.25) is 9.59 Å². The van der Waals surface area contributed by atoms with Gasteiger partial charge in [0.25, 0.3) is 11.8 Å². The Morgan fingerprint density at radius 2 is 1.98 bits per heavy atom. The molecule has 42 heavy (non-hydrogen) atoms. The quantitative estimate of drug-likeness (QED) is 0.348. The van der Waals surface area contributed by atoms with Gasteiger partial charge < -0.3 is 30.2 Å². The van der Waals surface area contributed by atoms with Gasteiger partial charge >= 0.3 is 6.18 Å². The lowest BCUT2D eigenvalue weighted by atomic mass is 9.93. The van der Waals surface area contributed by atoms with Crippen LogP contribution in [0.3, 0.4) is 0 Å². The summed E-state index contributed by atoms with van der Waals surface area (Å²) in [5, 5.41) is 8.92. The summed E-state index contributed by atoms with van der Waals surface area (Å²) in [7, 11) is 3.52. The third kappa shape index (κ3) is 7.53. The number of alkyl halides is 3. The number of halogens is 3. The zero-order chi connectivity index (χ0) is 30.4. The van der Waals surface area contributed by atoms with Crippen molar-refractivity contribution in [3.63, 3.8) is 0 Å². The van der Waals surface area contributed by atoms with Gasteiger partial charge in [-0.25, -0.2) is 4.98 Å². The van der Waals surface area contributed by atoms with Crippen molar-refractivity contribution in [2.24, 2.45) is 5.92 Å². The number of amides is 2. The number of ether oxygens (including phenoxy) is 1. The van der Waals surface area contributed by atoms with Gasteiger partial charge in [-0.1, -0.05) is 18.8 Å². The number of nitrogens with zero attached hydrogens (tertiary/aromatic N) is 3. The predicted octanol–water partition coefficient (Wildman–Crippen LogP) is 3.89. The van der Waals surface area contributed by atoms with Crippen molar-refractivity contribution in [1.29, 1.82) is 0 Å². The number of likely N-dealkylation sites (tertiary alicyclic amines) is 1. The van der Waals surface area contributed by atoms with Crippen LogP contribution in [0.15, 0.2) is 36.7 Å². The van der Waals surface area contributed by atoms with Crippen molar-refractivity contribution in [1.82, 2.24) is 25.1 Å². The Morgan fingerprint density at radius 3 is 2.67 bits per heavy atom. The summed E-state index contributed by atoms with van der Waals surface area (Å²) < 4.78 is 46.2. The Morgan fingerprint density at radius 1 is 1.19 bits per heavy atom. The molecular formula is C30H35F3N6O3. The Balaban J connectivity index is 1.58. The molecule has 2 heterocycles. The average molecular weight is 585 g/mol. The Bertz CT molecular complexity index is 1510. The smallest absolute Gasteiger partial charge is 0.406 e. The van der Waals surface area contributed by atoms with Crippen molar-refractivity contribution in [3.8, 4) is 17.6 Å². The summed E-state index contributed by atoms with van der Waals surface area (Å²) in [5.74, 6) is 5.98. The molecule has 0 aliphatic carbocycles. The first-order valence-corrected chi connectivity index (χ1v) is 13.7. The van der Waals surface area contributed by atoms with Crippen LogP contribution in [-0.4, -0.2) is 78.8 Å². The lowest BCUT2D eigenvalue weighted by Gasteiger charge is -2.35. The SMILES string of the molecule is CCNC(=O)c1ccc(NCC#Cc2cc(C(=O)N[C@H]3CCN(C)C[C@@H]3C)c3ncn(CC(F)(F)F)c3c2)c(OC)c1. The minimum atomic E-state index is -4.46. The molecule has 2 aromatic carbocycles. The number of hydrogen-bond acceptors (Lipinski definition) is 6. The molecule has 1 saturated heterocycles. The maximum absolute atomic E-state index is 13.4. The highest BCUT2D eigenvalue weighted by Gasteiger charge is 2.30. The van der Waals surface area contributed by atoms with Crippen LogP contribution in [0.25, 0.3) is 11.0 Å². The van der Waals surface area contributed by atoms with Crippen LogP contribution >= 0.6 is 0 Å². The van der Waals surface area contributed by atoms with Crippen LogP contribution in [0, 0.1) is 17.8 Å². The molecule has 2 amide bonds. The van der Waals surface area contributed by atoms with Gasteiger partial charge in [0.1, 0.15) is 17.8 Å². The first-order valence-electron chi connectivity index (χ1n) is 13.7. The highest BCUT2D eigenvalue weighted by Crippen LogP contribution is 2.27. The van der Waals surface area contributed by atoms with Gasteiger partial charge in [-0.2, -0.15) is 13.2 Å². The third-order valence-electron chi connectivity index (χ3n) is 7.15. The van der Waals surface area contributed by atoms with Crippen LogP contribution in [0.2, 0.25) is 0 Å². The van der Waals surface area contributed by atoms with E-state index in [-0.39, 0.29) is 41.0 Å². The fraction of sp³-hybridized carbons (Fsp3) is 0.433. The van der Waals surface area contributed by atoms with E-state index in [1.54, 1.807) is 24.3 Å². The molecule has 1 aliphatic heterocycles. The zero-order valence-electron chi connectivity index (χ0n) is 24.1. The number of carbonyl (C=O) groups excluding carboxylic acids is 2. The third-order valence-corrected chi connectivity index (χ3v) is 7.15. The molecule has 224 valence electrons. The number of fused-ring (bicyclic) bond motifs is 1. The van der Waals surface area contributed by atoms with Crippen LogP contribution in [0.4, 0.5) is 18.9 Å². The van der Waals surface area contributed by atoms with Gasteiger partial charge in [0.15, 0.2) is 0 Å². The molecule has 1 aromatic heterocycles. The Kier molecular flexibility index (Phi) is 9.63. The Labute approximate surface area is 242 Å². The summed E-state index contributed by atoms with van der Waals surface area (Å²) in [4.78, 5) is 31.9. The highest BCUT2D eigenvalue weighted by atomic mass is 19.4. The molecule has 0 bridgehead atoms. The number of methoxy groups -OCH3 is 1. The zero-order valence-corrected chi connectivity index (χ0v) is 24.1. The first kappa shape index (κ1) is 30.7. The predicted molar refractivity (Wildman–Crippen MR) is 155 cm³/mol. The first-order chi connectivity index (χ1) is 20.0. The number of imidazole rings is 1. The number of benzene rings is 2. The number of rotatable bonds is 8. The molecule has 0 radical (unpaired) electrons. The van der Waals surface area contributed by atoms with E-state index < -0.39 is 18.6 Å². The lowest BCUT2D eigenvalue weighted by molar-refractivity contribution is -0.139. The van der Waals surface area contributed by atoms with Gasteiger partial charge in [-0.05, 0) is 63.2 Å². The maximum atomic E-state index is 13.4. The van der Waals surface area contributed by atoms with E-state index in [9.17, 15) is 22.8 Å². The molecule has 0 saturated carbocycles. The van der Waals surface area contributed by atoms with E-state index in [4.69, 9.17) is 4.74 Å². The molecule has 2 atom stereocenters. The maximum Gasteiger partial charge on any atom is 0.406 e. The van der Waals surface area contributed by atoms with Crippen molar-refractivity contribution < 1.29 is 27.5 Å². The molecule has 1 fully saturated rings. The van der Waals surface area contributed by atoms with Crippen molar-refractivity contribution in [2.75, 3.05) is 45.7 Å². The van der Waals surface area contributed by atoms with E-state index >= 15 is 0 Å². The summed E-state index contributed by atoms with van der Waals surface area (Å²) in [6.07, 6.45) is -2.59. The average Bonchev–Trinajstić information content (AvgIpc) is 3.33. The fourth-order valence-electron chi connectivity index (χ4n) is 5.07. The number of piperidine rings is 1. The summed E-state index contributed by atoms with van der Waals surface area (Å²) in [6, 6.07) is 8.00. The molecule has 3 aromatic rings. The highest BCUT2D eigenvalue weighted by molar-refractivity contribution is 6.05. The molecule has 0 unspecified atom stereocenters. The van der Waals surface area contributed by atoms with Crippen LogP contribution in [0.5, 0.6) is 5.75 Å². The molecule has 1 aliphatic rings. The van der Waals surface area contributed by atoms with Crippen LogP contribution < -0.4 is 20.7 Å². The van der Waals surface area contributed by atoms with Gasteiger partial charge in [0, 0.05) is 30.3 Å². The summed E-state index contributed by atoms with van der Waals surface area (Å²) in [5.41, 5.74) is 2.00. The van der Waals surface area contributed by atoms with Gasteiger partial charge in [-0.15, -0.1) is 0 Å². The van der Waals surface area contributed by atoms with Crippen molar-refractivity contribution >= 4 is 28.5 Å². The number of hydrogen-bond donors (Lipinski definition) is 3. The second-order valence-electron chi connectivity index (χ2n) is 10.4. The number of anilines is 1. The Hall–Kier alpha value is -4.24. The van der Waals surface area contributed by atoms with Gasteiger partial charge in [0.05, 0.1) is 36.7 Å². The molecule has 0 spiro atoms. The molecule has 3 N–H and O–H groups in total. The van der Waals surface area contributed by atoms with Gasteiger partial charge in [0.2, 0.25) is 0 Å². The largest absolute Gasteiger partial charge is 0.495 e. The number of nitrogens with one attached hydrogen (secondary N) is 3. The van der Waals surface area contributed by atoms with Crippen molar-refractivity contribution in [3.05, 3.63) is 53.3 Å². The minimum absolute atomic E-state index is 0.0608. The van der Waals surface area contributed by atoms with Crippen molar-refractivity contribution in [2.45, 2.75) is 39.0 Å². The summed E-state index contributed by atoms with van der Waals surface area (Å²) >= 11 is 0. The standard InChI is InChI=1S/C30H35F3N6O3/c1-5-34-28(40)21-8-9-24(26(15-21)42-4)35-11-6-7-20-13-22(29(41)37-23-10-12-38(3)16-19(23)2)27-25(14-20)39(18-36-27)17-30(31,32)33/h8-9,13-15,18-19,23,35H,5,10-12,16-17H2,1-4H3,(H,34,40)(H,37,41)/t19-,23-/m0/s1. The monoisotopic (exact) mass is 584 g/mol. The normalized spacial score (nSPS) is 17.3. The van der Waals surface area contributed by atoms with Crippen LogP contribution in [0.1, 0.15) is 46.5 Å². The topological polar surface area (TPSA) is 101 Å². The van der Waals surface area contributed by atoms with E-state index in [1.165, 1.54) is 13.2 Å².